The molecule has 4 heteroatoms. The first kappa shape index (κ1) is 8.93. The molecule has 66 valence electrons. The molecule has 2 N–H and O–H groups in total. The van der Waals surface area contributed by atoms with Crippen LogP contribution in [-0.4, -0.2) is 10.2 Å². The summed E-state index contributed by atoms with van der Waals surface area (Å²) in [6.45, 7) is 5.74. The van der Waals surface area contributed by atoms with Crippen LogP contribution in [0.25, 0.3) is 6.08 Å². The highest BCUT2D eigenvalue weighted by molar-refractivity contribution is 5.40. The van der Waals surface area contributed by atoms with Crippen molar-refractivity contribution in [2.45, 2.75) is 26.8 Å². The first-order valence-electron chi connectivity index (χ1n) is 3.83. The molecule has 0 saturated heterocycles. The largest absolute Gasteiger partial charge is 0.420 e. The molecule has 0 aliphatic carbocycles. The number of rotatable bonds is 2. The third kappa shape index (κ3) is 2.17. The molecule has 1 unspecified atom stereocenters. The summed E-state index contributed by atoms with van der Waals surface area (Å²) in [6, 6.07) is -0.197. The quantitative estimate of drug-likeness (QED) is 0.725. The van der Waals surface area contributed by atoms with Crippen molar-refractivity contribution in [1.82, 2.24) is 10.2 Å². The van der Waals surface area contributed by atoms with Crippen molar-refractivity contribution >= 4 is 6.08 Å². The van der Waals surface area contributed by atoms with Gasteiger partial charge in [-0.2, -0.15) is 0 Å². The van der Waals surface area contributed by atoms with Crippen LogP contribution in [0.4, 0.5) is 0 Å². The van der Waals surface area contributed by atoms with Crippen LogP contribution in [0.3, 0.4) is 0 Å². The molecular formula is C8H13N3O. The van der Waals surface area contributed by atoms with Gasteiger partial charge in [0.25, 0.3) is 0 Å². The Morgan fingerprint density at radius 2 is 2.17 bits per heavy atom. The van der Waals surface area contributed by atoms with Crippen LogP contribution in [0.15, 0.2) is 9.99 Å². The van der Waals surface area contributed by atoms with Gasteiger partial charge in [-0.25, -0.2) is 0 Å². The zero-order chi connectivity index (χ0) is 9.14. The lowest BCUT2D eigenvalue weighted by Gasteiger charge is -1.93. The topological polar surface area (TPSA) is 64.9 Å². The van der Waals surface area contributed by atoms with E-state index in [2.05, 4.69) is 10.2 Å². The van der Waals surface area contributed by atoms with Gasteiger partial charge in [-0.05, 0) is 20.8 Å². The zero-order valence-corrected chi connectivity index (χ0v) is 7.53. The van der Waals surface area contributed by atoms with Crippen molar-refractivity contribution in [2.24, 2.45) is 5.73 Å². The Bertz CT molecular complexity index is 284. The normalized spacial score (nSPS) is 12.7. The Labute approximate surface area is 71.5 Å². The molecule has 0 saturated carbocycles. The van der Waals surface area contributed by atoms with Crippen molar-refractivity contribution in [3.05, 3.63) is 17.4 Å². The molecule has 0 fully saturated rings. The number of nitrogens with zero attached hydrogens (tertiary/aromatic N) is 2. The maximum atomic E-state index is 5.54. The highest BCUT2D eigenvalue weighted by atomic mass is 16.4. The highest BCUT2D eigenvalue weighted by Crippen LogP contribution is 2.09. The predicted molar refractivity (Wildman–Crippen MR) is 46.2 cm³/mol. The van der Waals surface area contributed by atoms with Crippen molar-refractivity contribution in [3.63, 3.8) is 0 Å². The first-order chi connectivity index (χ1) is 5.59. The molecule has 0 aliphatic rings. The molecule has 1 heterocycles. The lowest BCUT2D eigenvalue weighted by molar-refractivity contribution is 0.456. The van der Waals surface area contributed by atoms with E-state index >= 15 is 0 Å². The monoisotopic (exact) mass is 167 g/mol. The minimum atomic E-state index is -0.197. The molecule has 0 radical (unpaired) electrons. The summed E-state index contributed by atoms with van der Waals surface area (Å²) in [5, 5.41) is 7.59. The van der Waals surface area contributed by atoms with Gasteiger partial charge in [-0.3, -0.25) is 0 Å². The fourth-order valence-electron chi connectivity index (χ4n) is 0.736. The Kier molecular flexibility index (Phi) is 2.60. The molecule has 0 aromatic carbocycles. The highest BCUT2D eigenvalue weighted by Gasteiger charge is 2.07. The maximum absolute atomic E-state index is 5.54. The van der Waals surface area contributed by atoms with E-state index in [1.54, 1.807) is 6.92 Å². The van der Waals surface area contributed by atoms with Crippen LogP contribution in [0.2, 0.25) is 0 Å². The van der Waals surface area contributed by atoms with E-state index in [9.17, 15) is 0 Å². The van der Waals surface area contributed by atoms with Crippen LogP contribution in [0.5, 0.6) is 0 Å². The van der Waals surface area contributed by atoms with Gasteiger partial charge < -0.3 is 10.2 Å². The van der Waals surface area contributed by atoms with Gasteiger partial charge in [0.2, 0.25) is 11.8 Å². The van der Waals surface area contributed by atoms with Gasteiger partial charge >= 0.3 is 0 Å². The lowest BCUT2D eigenvalue weighted by Crippen LogP contribution is -2.04. The van der Waals surface area contributed by atoms with Gasteiger partial charge in [-0.1, -0.05) is 5.57 Å². The Morgan fingerprint density at radius 1 is 1.50 bits per heavy atom. The van der Waals surface area contributed by atoms with E-state index in [1.807, 2.05) is 19.9 Å². The van der Waals surface area contributed by atoms with E-state index < -0.39 is 0 Å². The second-order valence-electron chi connectivity index (χ2n) is 2.99. The minimum Gasteiger partial charge on any atom is -0.420 e. The fraction of sp³-hybridized carbons (Fsp3) is 0.500. The predicted octanol–water partition coefficient (Wildman–Crippen LogP) is 1.51. The number of hydrogen-bond donors (Lipinski definition) is 1. The second kappa shape index (κ2) is 3.49. The zero-order valence-electron chi connectivity index (χ0n) is 7.53. The second-order valence-corrected chi connectivity index (χ2v) is 2.99. The maximum Gasteiger partial charge on any atom is 0.240 e. The summed E-state index contributed by atoms with van der Waals surface area (Å²) in [5.41, 5.74) is 6.66. The van der Waals surface area contributed by atoms with Crippen molar-refractivity contribution in [3.8, 4) is 0 Å². The molecule has 1 atom stereocenters. The fourth-order valence-corrected chi connectivity index (χ4v) is 0.736. The molecule has 12 heavy (non-hydrogen) atoms. The SMILES string of the molecule is CC(C)=Cc1nnc(C(C)N)o1. The summed E-state index contributed by atoms with van der Waals surface area (Å²) in [7, 11) is 0. The van der Waals surface area contributed by atoms with E-state index in [-0.39, 0.29) is 6.04 Å². The van der Waals surface area contributed by atoms with E-state index in [0.717, 1.165) is 5.57 Å². The summed E-state index contributed by atoms with van der Waals surface area (Å²) < 4.78 is 5.23. The standard InChI is InChI=1S/C8H13N3O/c1-5(2)4-7-10-11-8(12-7)6(3)9/h4,6H,9H2,1-3H3. The summed E-state index contributed by atoms with van der Waals surface area (Å²) >= 11 is 0. The molecule has 4 nitrogen and oxygen atoms in total. The van der Waals surface area contributed by atoms with Crippen LogP contribution in [-0.2, 0) is 0 Å². The van der Waals surface area contributed by atoms with Crippen molar-refractivity contribution in [1.29, 1.82) is 0 Å². The summed E-state index contributed by atoms with van der Waals surface area (Å²) in [6.07, 6.45) is 1.82. The minimum absolute atomic E-state index is 0.197. The molecule has 0 amide bonds. The summed E-state index contributed by atoms with van der Waals surface area (Å²) in [5.74, 6) is 0.991. The van der Waals surface area contributed by atoms with Crippen LogP contribution in [0, 0.1) is 0 Å². The molecule has 1 rings (SSSR count). The molecule has 1 aromatic heterocycles. The van der Waals surface area contributed by atoms with Gasteiger partial charge in [-0.15, -0.1) is 10.2 Å². The van der Waals surface area contributed by atoms with Crippen molar-refractivity contribution in [2.75, 3.05) is 0 Å². The molecule has 0 bridgehead atoms. The average molecular weight is 167 g/mol. The lowest BCUT2D eigenvalue weighted by atomic mass is 10.3. The van der Waals surface area contributed by atoms with E-state index in [0.29, 0.717) is 11.8 Å². The van der Waals surface area contributed by atoms with Crippen LogP contribution >= 0.6 is 0 Å². The number of hydrogen-bond acceptors (Lipinski definition) is 4. The van der Waals surface area contributed by atoms with Gasteiger partial charge in [0.15, 0.2) is 0 Å². The summed E-state index contributed by atoms with van der Waals surface area (Å²) in [4.78, 5) is 0. The Balaban J connectivity index is 2.85. The van der Waals surface area contributed by atoms with Gasteiger partial charge in [0, 0.05) is 6.08 Å². The molecular weight excluding hydrogens is 154 g/mol. The molecule has 0 aliphatic heterocycles. The number of nitrogens with two attached hydrogens (primary N) is 1. The Hall–Kier alpha value is -1.16. The third-order valence-corrected chi connectivity index (χ3v) is 1.26. The average Bonchev–Trinajstić information content (AvgIpc) is 2.34. The van der Waals surface area contributed by atoms with E-state index in [4.69, 9.17) is 10.2 Å². The third-order valence-electron chi connectivity index (χ3n) is 1.26. The number of allylic oxidation sites excluding steroid dienone is 1. The number of aromatic nitrogens is 2. The smallest absolute Gasteiger partial charge is 0.240 e. The molecule has 1 aromatic rings. The first-order valence-corrected chi connectivity index (χ1v) is 3.83. The van der Waals surface area contributed by atoms with Crippen LogP contribution in [0.1, 0.15) is 38.6 Å². The van der Waals surface area contributed by atoms with Crippen LogP contribution < -0.4 is 5.73 Å². The Morgan fingerprint density at radius 3 is 2.58 bits per heavy atom. The van der Waals surface area contributed by atoms with E-state index in [1.165, 1.54) is 0 Å². The van der Waals surface area contributed by atoms with Gasteiger partial charge in [0.1, 0.15) is 0 Å². The van der Waals surface area contributed by atoms with Gasteiger partial charge in [0.05, 0.1) is 6.04 Å². The molecule has 0 spiro atoms. The van der Waals surface area contributed by atoms with Crippen molar-refractivity contribution < 1.29 is 4.42 Å².